The summed E-state index contributed by atoms with van der Waals surface area (Å²) in [7, 11) is 1.69. The van der Waals surface area contributed by atoms with Crippen LogP contribution < -0.4 is 4.74 Å². The fourth-order valence-electron chi connectivity index (χ4n) is 4.01. The summed E-state index contributed by atoms with van der Waals surface area (Å²) in [5.41, 5.74) is 4.11. The van der Waals surface area contributed by atoms with E-state index in [4.69, 9.17) is 9.72 Å². The van der Waals surface area contributed by atoms with Gasteiger partial charge in [0.05, 0.1) is 18.5 Å². The number of H-pyrrole nitrogens is 1. The van der Waals surface area contributed by atoms with E-state index in [0.717, 1.165) is 51.3 Å². The van der Waals surface area contributed by atoms with E-state index in [2.05, 4.69) is 96.4 Å². The van der Waals surface area contributed by atoms with E-state index < -0.39 is 0 Å². The first-order valence-corrected chi connectivity index (χ1v) is 14.9. The van der Waals surface area contributed by atoms with Gasteiger partial charge in [-0.2, -0.15) is 0 Å². The zero-order chi connectivity index (χ0) is 29.3. The number of aromatic amines is 1. The Bertz CT molecular complexity index is 1170. The predicted molar refractivity (Wildman–Crippen MR) is 175 cm³/mol. The van der Waals surface area contributed by atoms with Gasteiger partial charge < -0.3 is 9.72 Å². The minimum absolute atomic E-state index is 0.0353. The first kappa shape index (κ1) is 34.0. The van der Waals surface area contributed by atoms with Crippen molar-refractivity contribution in [2.75, 3.05) is 7.11 Å². The number of methoxy groups -OCH3 is 1. The highest BCUT2D eigenvalue weighted by Crippen LogP contribution is 2.35. The lowest BCUT2D eigenvalue weighted by Crippen LogP contribution is -2.17. The second kappa shape index (κ2) is 18.3. The maximum absolute atomic E-state index is 5.35. The number of hydrogen-bond acceptors (Lipinski definition) is 2. The monoisotopic (exact) mass is 530 g/mol. The molecule has 0 aliphatic heterocycles. The molecule has 0 amide bonds. The molecule has 0 radical (unpaired) electrons. The molecule has 214 valence electrons. The quantitative estimate of drug-likeness (QED) is 0.250. The Morgan fingerprint density at radius 3 is 2.00 bits per heavy atom. The number of rotatable bonds is 11. The van der Waals surface area contributed by atoms with Gasteiger partial charge in [-0.3, -0.25) is 0 Å². The summed E-state index contributed by atoms with van der Waals surface area (Å²) in [5, 5.41) is 2.31. The van der Waals surface area contributed by atoms with Gasteiger partial charge in [-0.25, -0.2) is 4.98 Å². The number of imidazole rings is 1. The van der Waals surface area contributed by atoms with E-state index in [1.165, 1.54) is 38.5 Å². The van der Waals surface area contributed by atoms with Gasteiger partial charge in [0.25, 0.3) is 0 Å². The number of nitrogens with one attached hydrogen (secondary N) is 1. The van der Waals surface area contributed by atoms with Crippen LogP contribution in [0.5, 0.6) is 5.75 Å². The SMILES string of the molecule is C=C/C=C(\C=C/C)c1[nH]c(C(C)(C)CC)nc1-c1ccc2cc(OC)ccc2c1.CCCCC.CCCCC. The molecule has 0 aliphatic rings. The lowest BCUT2D eigenvalue weighted by atomic mass is 9.89. The summed E-state index contributed by atoms with van der Waals surface area (Å²) < 4.78 is 5.35. The number of aromatic nitrogens is 2. The van der Waals surface area contributed by atoms with Gasteiger partial charge in [0.2, 0.25) is 0 Å². The van der Waals surface area contributed by atoms with Crippen LogP contribution in [-0.2, 0) is 5.41 Å². The molecule has 0 saturated carbocycles. The zero-order valence-corrected chi connectivity index (χ0v) is 26.3. The summed E-state index contributed by atoms with van der Waals surface area (Å²) in [6.07, 6.45) is 17.1. The largest absolute Gasteiger partial charge is 0.497 e. The highest BCUT2D eigenvalue weighted by atomic mass is 16.5. The van der Waals surface area contributed by atoms with Crippen molar-refractivity contribution in [1.29, 1.82) is 0 Å². The molecular formula is C36H54N2O. The van der Waals surface area contributed by atoms with Gasteiger partial charge in [-0.05, 0) is 47.9 Å². The van der Waals surface area contributed by atoms with Crippen LogP contribution in [0.3, 0.4) is 0 Å². The van der Waals surface area contributed by atoms with E-state index in [1.807, 2.05) is 31.2 Å². The summed E-state index contributed by atoms with van der Waals surface area (Å²) in [6, 6.07) is 12.6. The third-order valence-electron chi connectivity index (χ3n) is 6.90. The molecule has 1 aromatic heterocycles. The maximum Gasteiger partial charge on any atom is 0.119 e. The molecule has 0 bridgehead atoms. The minimum atomic E-state index is -0.0353. The second-order valence-corrected chi connectivity index (χ2v) is 10.5. The highest BCUT2D eigenvalue weighted by molar-refractivity contribution is 5.90. The van der Waals surface area contributed by atoms with Gasteiger partial charge >= 0.3 is 0 Å². The Balaban J connectivity index is 0.000000650. The molecule has 3 heteroatoms. The number of nitrogens with zero attached hydrogens (tertiary/aromatic N) is 1. The summed E-state index contributed by atoms with van der Waals surface area (Å²) in [5.74, 6) is 1.86. The molecule has 2 aromatic carbocycles. The fourth-order valence-corrected chi connectivity index (χ4v) is 4.01. The van der Waals surface area contributed by atoms with Crippen molar-refractivity contribution in [2.24, 2.45) is 0 Å². The summed E-state index contributed by atoms with van der Waals surface area (Å²) in [4.78, 5) is 8.67. The smallest absolute Gasteiger partial charge is 0.119 e. The molecule has 0 unspecified atom stereocenters. The zero-order valence-electron chi connectivity index (χ0n) is 26.3. The number of unbranched alkanes of at least 4 members (excludes halogenated alkanes) is 4. The van der Waals surface area contributed by atoms with Crippen molar-refractivity contribution in [3.63, 3.8) is 0 Å². The molecule has 3 rings (SSSR count). The average Bonchev–Trinajstić information content (AvgIpc) is 3.40. The van der Waals surface area contributed by atoms with E-state index in [1.54, 1.807) is 7.11 Å². The van der Waals surface area contributed by atoms with Crippen molar-refractivity contribution in [3.05, 3.63) is 78.8 Å². The Morgan fingerprint density at radius 2 is 1.51 bits per heavy atom. The van der Waals surface area contributed by atoms with Crippen molar-refractivity contribution < 1.29 is 4.74 Å². The third-order valence-corrected chi connectivity index (χ3v) is 6.90. The third kappa shape index (κ3) is 10.5. The number of allylic oxidation sites excluding steroid dienone is 5. The second-order valence-electron chi connectivity index (χ2n) is 10.5. The van der Waals surface area contributed by atoms with E-state index >= 15 is 0 Å². The van der Waals surface area contributed by atoms with Crippen molar-refractivity contribution >= 4 is 16.3 Å². The van der Waals surface area contributed by atoms with Crippen LogP contribution in [0.25, 0.3) is 27.6 Å². The molecular weight excluding hydrogens is 476 g/mol. The van der Waals surface area contributed by atoms with Crippen LogP contribution in [0.4, 0.5) is 0 Å². The summed E-state index contributed by atoms with van der Waals surface area (Å²) in [6.45, 7) is 21.4. The van der Waals surface area contributed by atoms with Gasteiger partial charge in [0.15, 0.2) is 0 Å². The maximum atomic E-state index is 5.35. The van der Waals surface area contributed by atoms with Crippen LogP contribution in [0, 0.1) is 0 Å². The van der Waals surface area contributed by atoms with Crippen molar-refractivity contribution in [2.45, 2.75) is 106 Å². The summed E-state index contributed by atoms with van der Waals surface area (Å²) >= 11 is 0. The molecule has 1 N–H and O–H groups in total. The normalized spacial score (nSPS) is 11.6. The lowest BCUT2D eigenvalue weighted by molar-refractivity contribution is 0.415. The molecule has 0 fully saturated rings. The fraction of sp³-hybridized carbons (Fsp3) is 0.472. The van der Waals surface area contributed by atoms with Crippen LogP contribution in [0.15, 0.2) is 67.3 Å². The minimum Gasteiger partial charge on any atom is -0.497 e. The van der Waals surface area contributed by atoms with E-state index in [0.29, 0.717) is 0 Å². The molecule has 39 heavy (non-hydrogen) atoms. The number of benzene rings is 2. The van der Waals surface area contributed by atoms with Crippen LogP contribution in [0.1, 0.15) is 112 Å². The van der Waals surface area contributed by atoms with Crippen molar-refractivity contribution in [3.8, 4) is 17.0 Å². The topological polar surface area (TPSA) is 37.9 Å². The first-order valence-electron chi connectivity index (χ1n) is 14.9. The number of hydrogen-bond donors (Lipinski definition) is 1. The molecule has 1 heterocycles. The van der Waals surface area contributed by atoms with Gasteiger partial charge in [0.1, 0.15) is 11.6 Å². The molecule has 3 aromatic rings. The standard InChI is InChI=1S/C26H30N2O.2C5H12/c1-7-10-18(11-8-2)23-24(28-25(27-23)26(4,5)9-3)21-13-12-20-17-22(29-6)15-14-19(20)16-21;2*1-3-5-4-2/h7-8,10-17H,1,9H2,2-6H3,(H,27,28);2*3-5H2,1-2H3/b11-8-,18-10+;;. The molecule has 0 saturated heterocycles. The molecule has 0 aliphatic carbocycles. The average molecular weight is 531 g/mol. The highest BCUT2D eigenvalue weighted by Gasteiger charge is 2.25. The van der Waals surface area contributed by atoms with Gasteiger partial charge in [0, 0.05) is 11.0 Å². The van der Waals surface area contributed by atoms with Crippen LogP contribution in [0.2, 0.25) is 0 Å². The predicted octanol–water partition coefficient (Wildman–Crippen LogP) is 11.5. The van der Waals surface area contributed by atoms with E-state index in [9.17, 15) is 0 Å². The number of fused-ring (bicyclic) bond motifs is 1. The number of ether oxygens (including phenoxy) is 1. The first-order chi connectivity index (χ1) is 18.8. The Morgan fingerprint density at radius 1 is 0.923 bits per heavy atom. The molecule has 0 atom stereocenters. The van der Waals surface area contributed by atoms with E-state index in [-0.39, 0.29) is 5.41 Å². The lowest BCUT2D eigenvalue weighted by Gasteiger charge is -2.19. The Hall–Kier alpha value is -3.07. The van der Waals surface area contributed by atoms with Crippen molar-refractivity contribution in [1.82, 2.24) is 9.97 Å². The van der Waals surface area contributed by atoms with Crippen LogP contribution in [-0.4, -0.2) is 17.1 Å². The Labute approximate surface area is 239 Å². The van der Waals surface area contributed by atoms with Crippen LogP contribution >= 0.6 is 0 Å². The molecule has 0 spiro atoms. The Kier molecular flexibility index (Phi) is 15.9. The van der Waals surface area contributed by atoms with Gasteiger partial charge in [-0.15, -0.1) is 0 Å². The molecule has 3 nitrogen and oxygen atoms in total. The van der Waals surface area contributed by atoms with Gasteiger partial charge in [-0.1, -0.05) is 136 Å².